The van der Waals surface area contributed by atoms with Crippen LogP contribution in [0.3, 0.4) is 0 Å². The molecule has 2 rings (SSSR count). The molecule has 3 nitrogen and oxygen atoms in total. The van der Waals surface area contributed by atoms with Gasteiger partial charge in [-0.05, 0) is 43.5 Å². The van der Waals surface area contributed by atoms with Crippen molar-refractivity contribution in [1.82, 2.24) is 0 Å². The smallest absolute Gasteiger partial charge is 0.139 e. The summed E-state index contributed by atoms with van der Waals surface area (Å²) in [6.45, 7) is 4.11. The molecule has 1 aromatic rings. The van der Waals surface area contributed by atoms with Crippen LogP contribution in [0.2, 0.25) is 0 Å². The van der Waals surface area contributed by atoms with Crippen LogP contribution in [0.4, 0.5) is 0 Å². The highest BCUT2D eigenvalue weighted by Crippen LogP contribution is 2.31. The Bertz CT molecular complexity index is 498. The fourth-order valence-corrected chi connectivity index (χ4v) is 3.67. The van der Waals surface area contributed by atoms with E-state index in [9.17, 15) is 9.90 Å². The van der Waals surface area contributed by atoms with Crippen LogP contribution in [-0.4, -0.2) is 16.3 Å². The lowest BCUT2D eigenvalue weighted by molar-refractivity contribution is -0.121. The van der Waals surface area contributed by atoms with Crippen molar-refractivity contribution in [2.45, 2.75) is 48.8 Å². The summed E-state index contributed by atoms with van der Waals surface area (Å²) in [5, 5.41) is 9.16. The molecule has 0 aliphatic heterocycles. The Morgan fingerprint density at radius 1 is 1.33 bits per heavy atom. The number of phenols is 1. The number of carbonyl (C=O) groups is 1. The Hall–Kier alpha value is -1.26. The molecular formula is C17H23NO2S. The summed E-state index contributed by atoms with van der Waals surface area (Å²) in [5.41, 5.74) is 7.14. The van der Waals surface area contributed by atoms with E-state index in [0.717, 1.165) is 36.2 Å². The highest BCUT2D eigenvalue weighted by atomic mass is 32.2. The Morgan fingerprint density at radius 3 is 2.76 bits per heavy atom. The van der Waals surface area contributed by atoms with E-state index in [1.165, 1.54) is 0 Å². The number of phenolic OH excluding ortho intramolecular Hbond substituents is 1. The quantitative estimate of drug-likeness (QED) is 0.375. The van der Waals surface area contributed by atoms with Gasteiger partial charge in [-0.3, -0.25) is 4.79 Å². The minimum Gasteiger partial charge on any atom is -0.508 e. The van der Waals surface area contributed by atoms with Crippen molar-refractivity contribution in [1.29, 1.82) is 0 Å². The number of hydrogen-bond donors (Lipinski definition) is 2. The minimum atomic E-state index is -0.113. The number of carbonyl (C=O) groups excluding carboxylic acids is 1. The Labute approximate surface area is 130 Å². The predicted molar refractivity (Wildman–Crippen MR) is 87.3 cm³/mol. The third kappa shape index (κ3) is 4.90. The van der Waals surface area contributed by atoms with Gasteiger partial charge in [-0.2, -0.15) is 0 Å². The number of nitrogens with two attached hydrogens (primary N) is 1. The van der Waals surface area contributed by atoms with Gasteiger partial charge in [-0.25, -0.2) is 0 Å². The van der Waals surface area contributed by atoms with E-state index in [-0.39, 0.29) is 17.0 Å². The van der Waals surface area contributed by atoms with E-state index in [1.54, 1.807) is 23.9 Å². The van der Waals surface area contributed by atoms with E-state index >= 15 is 0 Å². The summed E-state index contributed by atoms with van der Waals surface area (Å²) in [5.74, 6) is 0.583. The van der Waals surface area contributed by atoms with Crippen LogP contribution in [0.5, 0.6) is 5.75 Å². The first-order valence-corrected chi connectivity index (χ1v) is 8.36. The highest BCUT2D eigenvalue weighted by molar-refractivity contribution is 7.99. The molecule has 0 aromatic heterocycles. The first-order valence-electron chi connectivity index (χ1n) is 7.48. The van der Waals surface area contributed by atoms with Crippen molar-refractivity contribution in [2.24, 2.45) is 11.7 Å². The molecule has 0 heterocycles. The van der Waals surface area contributed by atoms with Gasteiger partial charge >= 0.3 is 0 Å². The van der Waals surface area contributed by atoms with Crippen molar-refractivity contribution in [3.05, 3.63) is 36.4 Å². The summed E-state index contributed by atoms with van der Waals surface area (Å²) in [7, 11) is 0. The largest absolute Gasteiger partial charge is 0.508 e. The van der Waals surface area contributed by atoms with Crippen LogP contribution >= 0.6 is 11.8 Å². The number of rotatable bonds is 5. The van der Waals surface area contributed by atoms with Gasteiger partial charge in [-0.15, -0.1) is 11.8 Å². The first kappa shape index (κ1) is 16.1. The lowest BCUT2D eigenvalue weighted by Gasteiger charge is -2.19. The van der Waals surface area contributed by atoms with Gasteiger partial charge in [0.05, 0.1) is 5.37 Å². The third-order valence-corrected chi connectivity index (χ3v) is 4.90. The summed E-state index contributed by atoms with van der Waals surface area (Å²) in [6, 6.07) is 7.00. The Kier molecular flexibility index (Phi) is 5.88. The molecule has 0 amide bonds. The molecule has 0 saturated heterocycles. The van der Waals surface area contributed by atoms with Gasteiger partial charge < -0.3 is 10.8 Å². The second kappa shape index (κ2) is 7.66. The van der Waals surface area contributed by atoms with Gasteiger partial charge in [0.1, 0.15) is 11.5 Å². The number of thioether (sulfide) groups is 1. The zero-order chi connectivity index (χ0) is 15.2. The summed E-state index contributed by atoms with van der Waals surface area (Å²) in [6.07, 6.45) is 5.52. The molecular weight excluding hydrogens is 282 g/mol. The molecule has 1 aromatic carbocycles. The number of benzene rings is 1. The minimum absolute atomic E-state index is 0.000956. The molecule has 21 heavy (non-hydrogen) atoms. The van der Waals surface area contributed by atoms with Crippen LogP contribution in [0.15, 0.2) is 41.3 Å². The van der Waals surface area contributed by atoms with Crippen LogP contribution in [0.1, 0.15) is 38.5 Å². The SMILES string of the molecule is C=C(CC(N)Sc1ccc(O)cc1)C1CCCCCC1=O. The maximum absolute atomic E-state index is 12.1. The standard InChI is InChI=1S/C17H23NO2S/c1-12(15-5-3-2-4-6-16(15)20)11-17(18)21-14-9-7-13(19)8-10-14/h7-10,15,17,19H,1-6,11,18H2. The number of ketones is 1. The number of Topliss-reactive ketones (excluding diaryl/α,β-unsaturated/α-hetero) is 1. The molecule has 0 spiro atoms. The van der Waals surface area contributed by atoms with Crippen LogP contribution in [0.25, 0.3) is 0 Å². The lowest BCUT2D eigenvalue weighted by Crippen LogP contribution is -2.22. The molecule has 0 radical (unpaired) electrons. The van der Waals surface area contributed by atoms with Crippen LogP contribution in [0, 0.1) is 5.92 Å². The van der Waals surface area contributed by atoms with Gasteiger partial charge in [0, 0.05) is 17.2 Å². The van der Waals surface area contributed by atoms with Crippen LogP contribution < -0.4 is 5.73 Å². The van der Waals surface area contributed by atoms with E-state index in [2.05, 4.69) is 6.58 Å². The van der Waals surface area contributed by atoms with E-state index < -0.39 is 0 Å². The molecule has 0 bridgehead atoms. The second-order valence-corrected chi connectivity index (χ2v) is 6.94. The van der Waals surface area contributed by atoms with Gasteiger partial charge in [0.15, 0.2) is 0 Å². The van der Waals surface area contributed by atoms with Gasteiger partial charge in [0.2, 0.25) is 0 Å². The van der Waals surface area contributed by atoms with E-state index in [1.807, 2.05) is 12.1 Å². The summed E-state index contributed by atoms with van der Waals surface area (Å²) in [4.78, 5) is 13.1. The average Bonchev–Trinajstić information content (AvgIpc) is 2.66. The van der Waals surface area contributed by atoms with Crippen molar-refractivity contribution < 1.29 is 9.90 Å². The molecule has 114 valence electrons. The van der Waals surface area contributed by atoms with Crippen molar-refractivity contribution in [3.8, 4) is 5.75 Å². The van der Waals surface area contributed by atoms with Gasteiger partial charge in [-0.1, -0.05) is 25.0 Å². The van der Waals surface area contributed by atoms with Crippen molar-refractivity contribution in [2.75, 3.05) is 0 Å². The van der Waals surface area contributed by atoms with Crippen molar-refractivity contribution >= 4 is 17.5 Å². The predicted octanol–water partition coefficient (Wildman–Crippen LogP) is 3.86. The molecule has 1 aliphatic carbocycles. The molecule has 2 unspecified atom stereocenters. The summed E-state index contributed by atoms with van der Waals surface area (Å²) >= 11 is 1.55. The molecule has 3 N–H and O–H groups in total. The zero-order valence-electron chi connectivity index (χ0n) is 12.3. The average molecular weight is 305 g/mol. The Balaban J connectivity index is 1.89. The monoisotopic (exact) mass is 305 g/mol. The third-order valence-electron chi connectivity index (χ3n) is 3.88. The normalized spacial score (nSPS) is 20.8. The molecule has 2 atom stereocenters. The molecule has 1 aliphatic rings. The maximum Gasteiger partial charge on any atom is 0.139 e. The fourth-order valence-electron chi connectivity index (χ4n) is 2.73. The molecule has 4 heteroatoms. The topological polar surface area (TPSA) is 63.3 Å². The Morgan fingerprint density at radius 2 is 2.05 bits per heavy atom. The van der Waals surface area contributed by atoms with E-state index in [4.69, 9.17) is 5.73 Å². The van der Waals surface area contributed by atoms with Gasteiger partial charge in [0.25, 0.3) is 0 Å². The lowest BCUT2D eigenvalue weighted by atomic mass is 9.89. The molecule has 1 saturated carbocycles. The number of aromatic hydroxyl groups is 1. The summed E-state index contributed by atoms with van der Waals surface area (Å²) < 4.78 is 0. The zero-order valence-corrected chi connectivity index (χ0v) is 13.1. The highest BCUT2D eigenvalue weighted by Gasteiger charge is 2.24. The van der Waals surface area contributed by atoms with E-state index in [0.29, 0.717) is 18.6 Å². The second-order valence-electron chi connectivity index (χ2n) is 5.63. The number of hydrogen-bond acceptors (Lipinski definition) is 4. The van der Waals surface area contributed by atoms with Crippen molar-refractivity contribution in [3.63, 3.8) is 0 Å². The first-order chi connectivity index (χ1) is 10.1. The maximum atomic E-state index is 12.1. The fraction of sp³-hybridized carbons (Fsp3) is 0.471. The molecule has 1 fully saturated rings. The van der Waals surface area contributed by atoms with Crippen LogP contribution in [-0.2, 0) is 4.79 Å².